The van der Waals surface area contributed by atoms with Crippen molar-refractivity contribution in [3.8, 4) is 0 Å². The van der Waals surface area contributed by atoms with E-state index in [0.717, 1.165) is 0 Å². The molecular formula is C10H16N4O4. The molecule has 0 unspecified atom stereocenters. The van der Waals surface area contributed by atoms with Crippen molar-refractivity contribution >= 4 is 23.8 Å². The Morgan fingerprint density at radius 1 is 1.28 bits per heavy atom. The highest BCUT2D eigenvalue weighted by Crippen LogP contribution is 2.09. The fourth-order valence-corrected chi connectivity index (χ4v) is 1.46. The molecule has 0 spiro atoms. The number of amides is 5. The predicted octanol–water partition coefficient (Wildman–Crippen LogP) is -1.79. The molecule has 18 heavy (non-hydrogen) atoms. The lowest BCUT2D eigenvalue weighted by Crippen LogP contribution is -2.42. The van der Waals surface area contributed by atoms with E-state index < -0.39 is 30.3 Å². The third kappa shape index (κ3) is 2.65. The second-order valence-corrected chi connectivity index (χ2v) is 4.00. The Balaban J connectivity index is 2.62. The second kappa shape index (κ2) is 5.58. The highest BCUT2D eigenvalue weighted by atomic mass is 16.2. The van der Waals surface area contributed by atoms with Crippen molar-refractivity contribution in [1.29, 1.82) is 0 Å². The number of likely N-dealkylation sites (N-methyl/N-ethyl adjacent to an activating group) is 2. The molecule has 2 N–H and O–H groups in total. The first-order valence-corrected chi connectivity index (χ1v) is 5.47. The van der Waals surface area contributed by atoms with Crippen LogP contribution in [0.4, 0.5) is 4.79 Å². The molecule has 1 aliphatic heterocycles. The van der Waals surface area contributed by atoms with Gasteiger partial charge in [-0.2, -0.15) is 0 Å². The molecule has 0 radical (unpaired) electrons. The molecule has 8 nitrogen and oxygen atoms in total. The summed E-state index contributed by atoms with van der Waals surface area (Å²) in [7, 11) is 2.75. The summed E-state index contributed by atoms with van der Waals surface area (Å²) in [5, 5.41) is 0. The van der Waals surface area contributed by atoms with Gasteiger partial charge in [-0.1, -0.05) is 0 Å². The average Bonchev–Trinajstić information content (AvgIpc) is 2.53. The first-order chi connectivity index (χ1) is 8.40. The number of carbonyl (C=O) groups excluding carboxylic acids is 4. The van der Waals surface area contributed by atoms with E-state index >= 15 is 0 Å². The average molecular weight is 256 g/mol. The van der Waals surface area contributed by atoms with Crippen molar-refractivity contribution in [2.45, 2.75) is 6.42 Å². The molecule has 0 aliphatic carbocycles. The van der Waals surface area contributed by atoms with Crippen molar-refractivity contribution in [3.63, 3.8) is 0 Å². The number of hydrogen-bond donors (Lipinski definition) is 1. The molecule has 0 aromatic carbocycles. The Labute approximate surface area is 104 Å². The standard InChI is InChI=1S/C10H16N4O4/c1-12(5-3-4-11)7(15)6-14-9(17)8(16)13(2)10(14)18/h3-6,11H2,1-2H3. The minimum absolute atomic E-state index is 0.409. The number of nitrogens with zero attached hydrogens (tertiary/aromatic N) is 3. The van der Waals surface area contributed by atoms with E-state index in [1.807, 2.05) is 0 Å². The molecule has 1 saturated heterocycles. The van der Waals surface area contributed by atoms with Crippen LogP contribution in [-0.4, -0.2) is 72.2 Å². The molecule has 1 heterocycles. The summed E-state index contributed by atoms with van der Waals surface area (Å²) in [6, 6.07) is -0.773. The van der Waals surface area contributed by atoms with E-state index in [1.165, 1.54) is 11.9 Å². The van der Waals surface area contributed by atoms with Crippen LogP contribution in [-0.2, 0) is 14.4 Å². The molecule has 0 saturated carbocycles. The lowest BCUT2D eigenvalue weighted by molar-refractivity contribution is -0.144. The third-order valence-corrected chi connectivity index (χ3v) is 2.67. The number of imide groups is 2. The van der Waals surface area contributed by atoms with Crippen LogP contribution in [0.1, 0.15) is 6.42 Å². The monoisotopic (exact) mass is 256 g/mol. The van der Waals surface area contributed by atoms with Gasteiger partial charge in [-0.05, 0) is 13.0 Å². The van der Waals surface area contributed by atoms with Gasteiger partial charge in [-0.3, -0.25) is 19.3 Å². The van der Waals surface area contributed by atoms with Crippen LogP contribution in [0.15, 0.2) is 0 Å². The maximum atomic E-state index is 11.7. The van der Waals surface area contributed by atoms with E-state index in [0.29, 0.717) is 29.3 Å². The van der Waals surface area contributed by atoms with Crippen molar-refractivity contribution < 1.29 is 19.2 Å². The van der Waals surface area contributed by atoms with Gasteiger partial charge in [-0.15, -0.1) is 0 Å². The number of nitrogens with two attached hydrogens (primary N) is 1. The molecule has 1 fully saturated rings. The summed E-state index contributed by atoms with van der Waals surface area (Å²) in [5.41, 5.74) is 5.31. The number of rotatable bonds is 5. The summed E-state index contributed by atoms with van der Waals surface area (Å²) in [5.74, 6) is -2.30. The maximum Gasteiger partial charge on any atom is 0.334 e. The zero-order chi connectivity index (χ0) is 13.9. The van der Waals surface area contributed by atoms with Gasteiger partial charge in [0.25, 0.3) is 0 Å². The topological polar surface area (TPSA) is 104 Å². The van der Waals surface area contributed by atoms with Crippen LogP contribution in [0.2, 0.25) is 0 Å². The predicted molar refractivity (Wildman–Crippen MR) is 61.2 cm³/mol. The summed E-state index contributed by atoms with van der Waals surface area (Å²) < 4.78 is 0. The van der Waals surface area contributed by atoms with E-state index in [4.69, 9.17) is 5.73 Å². The van der Waals surface area contributed by atoms with Crippen molar-refractivity contribution in [1.82, 2.24) is 14.7 Å². The summed E-state index contributed by atoms with van der Waals surface area (Å²) >= 11 is 0. The fourth-order valence-electron chi connectivity index (χ4n) is 1.46. The maximum absolute atomic E-state index is 11.7. The molecule has 1 rings (SSSR count). The van der Waals surface area contributed by atoms with E-state index in [1.54, 1.807) is 7.05 Å². The lowest BCUT2D eigenvalue weighted by Gasteiger charge is -2.19. The summed E-state index contributed by atoms with van der Waals surface area (Å²) in [6.45, 7) is 0.463. The van der Waals surface area contributed by atoms with Gasteiger partial charge in [0.1, 0.15) is 6.54 Å². The van der Waals surface area contributed by atoms with Crippen LogP contribution < -0.4 is 5.73 Å². The number of hydrogen-bond acceptors (Lipinski definition) is 5. The number of carbonyl (C=O) groups is 4. The van der Waals surface area contributed by atoms with Crippen LogP contribution >= 0.6 is 0 Å². The van der Waals surface area contributed by atoms with Gasteiger partial charge in [-0.25, -0.2) is 9.69 Å². The molecular weight excluding hydrogens is 240 g/mol. The SMILES string of the molecule is CN(CCCN)C(=O)CN1C(=O)C(=O)N(C)C1=O. The molecule has 100 valence electrons. The van der Waals surface area contributed by atoms with Gasteiger partial charge < -0.3 is 10.6 Å². The van der Waals surface area contributed by atoms with Crippen LogP contribution in [0.25, 0.3) is 0 Å². The van der Waals surface area contributed by atoms with Gasteiger partial charge >= 0.3 is 17.8 Å². The highest BCUT2D eigenvalue weighted by Gasteiger charge is 2.43. The van der Waals surface area contributed by atoms with Crippen molar-refractivity contribution in [2.24, 2.45) is 5.73 Å². The fraction of sp³-hybridized carbons (Fsp3) is 0.600. The van der Waals surface area contributed by atoms with Crippen LogP contribution in [0, 0.1) is 0 Å². The molecule has 0 aromatic rings. The van der Waals surface area contributed by atoms with Crippen LogP contribution in [0.5, 0.6) is 0 Å². The smallest absolute Gasteiger partial charge is 0.334 e. The van der Waals surface area contributed by atoms with Crippen molar-refractivity contribution in [2.75, 3.05) is 33.7 Å². The first-order valence-electron chi connectivity index (χ1n) is 5.47. The molecule has 5 amide bonds. The zero-order valence-electron chi connectivity index (χ0n) is 10.4. The minimum Gasteiger partial charge on any atom is -0.344 e. The third-order valence-electron chi connectivity index (χ3n) is 2.67. The Bertz CT molecular complexity index is 395. The molecule has 0 aromatic heterocycles. The van der Waals surface area contributed by atoms with Crippen LogP contribution in [0.3, 0.4) is 0 Å². The largest absolute Gasteiger partial charge is 0.344 e. The lowest BCUT2D eigenvalue weighted by atomic mass is 10.3. The van der Waals surface area contributed by atoms with Crippen molar-refractivity contribution in [3.05, 3.63) is 0 Å². The summed E-state index contributed by atoms with van der Waals surface area (Å²) in [4.78, 5) is 48.6. The quantitative estimate of drug-likeness (QED) is 0.462. The van der Waals surface area contributed by atoms with E-state index in [-0.39, 0.29) is 0 Å². The Morgan fingerprint density at radius 3 is 2.33 bits per heavy atom. The molecule has 8 heteroatoms. The van der Waals surface area contributed by atoms with Gasteiger partial charge in [0.2, 0.25) is 5.91 Å². The highest BCUT2D eigenvalue weighted by molar-refractivity contribution is 6.44. The first kappa shape index (κ1) is 14.1. The van der Waals surface area contributed by atoms with Gasteiger partial charge in [0.05, 0.1) is 0 Å². The molecule has 0 atom stereocenters. The minimum atomic E-state index is -0.969. The van der Waals surface area contributed by atoms with E-state index in [2.05, 4.69) is 0 Å². The molecule has 0 bridgehead atoms. The Morgan fingerprint density at radius 2 is 1.89 bits per heavy atom. The summed E-state index contributed by atoms with van der Waals surface area (Å²) in [6.07, 6.45) is 0.628. The van der Waals surface area contributed by atoms with Gasteiger partial charge in [0.15, 0.2) is 0 Å². The second-order valence-electron chi connectivity index (χ2n) is 4.00. The Kier molecular flexibility index (Phi) is 4.38. The number of urea groups is 1. The Hall–Kier alpha value is -1.96. The normalized spacial score (nSPS) is 15.6. The zero-order valence-corrected chi connectivity index (χ0v) is 10.4. The van der Waals surface area contributed by atoms with Gasteiger partial charge in [0, 0.05) is 20.6 Å². The molecule has 1 aliphatic rings. The van der Waals surface area contributed by atoms with E-state index in [9.17, 15) is 19.2 Å².